The molecule has 13 rings (SSSR count). The van der Waals surface area contributed by atoms with Crippen molar-refractivity contribution in [3.8, 4) is 79.2 Å². The van der Waals surface area contributed by atoms with Crippen LogP contribution >= 0.6 is 0 Å². The Balaban J connectivity index is 0.920. The van der Waals surface area contributed by atoms with Gasteiger partial charge in [0.25, 0.3) is 0 Å². The third-order valence-electron chi connectivity index (χ3n) is 12.3. The predicted octanol–water partition coefficient (Wildman–Crippen LogP) is 15.3. The fourth-order valence-electron chi connectivity index (χ4n) is 9.00. The summed E-state index contributed by atoms with van der Waals surface area (Å²) < 4.78 is 12.6. The van der Waals surface area contributed by atoms with Crippen LogP contribution in [-0.2, 0) is 0 Å². The molecule has 4 heterocycles. The molecule has 0 bridgehead atoms. The van der Waals surface area contributed by atoms with Gasteiger partial charge in [-0.25, -0.2) is 24.9 Å². The minimum absolute atomic E-state index is 0.537. The second-order valence-corrected chi connectivity index (χ2v) is 16.5. The molecule has 7 nitrogen and oxygen atoms in total. The molecule has 9 aromatic carbocycles. The van der Waals surface area contributed by atoms with Gasteiger partial charge in [-0.1, -0.05) is 152 Å². The predicted molar refractivity (Wildman–Crippen MR) is 266 cm³/mol. The lowest BCUT2D eigenvalue weighted by atomic mass is 9.98. The van der Waals surface area contributed by atoms with Crippen molar-refractivity contribution in [1.82, 2.24) is 24.9 Å². The van der Waals surface area contributed by atoms with Gasteiger partial charge in [-0.3, -0.25) is 0 Å². The van der Waals surface area contributed by atoms with E-state index in [0.29, 0.717) is 23.3 Å². The molecule has 0 atom stereocenters. The normalized spacial score (nSPS) is 11.6. The monoisotopic (exact) mass is 845 g/mol. The molecule has 0 aliphatic rings. The summed E-state index contributed by atoms with van der Waals surface area (Å²) in [6.45, 7) is 0. The minimum atomic E-state index is 0.537. The zero-order valence-electron chi connectivity index (χ0n) is 35.3. The van der Waals surface area contributed by atoms with E-state index < -0.39 is 0 Å². The van der Waals surface area contributed by atoms with Gasteiger partial charge >= 0.3 is 0 Å². The molecule has 0 fully saturated rings. The lowest BCUT2D eigenvalue weighted by Crippen LogP contribution is -2.00. The number of rotatable bonds is 7. The Labute approximate surface area is 378 Å². The van der Waals surface area contributed by atoms with Gasteiger partial charge in [0.15, 0.2) is 23.3 Å². The second kappa shape index (κ2) is 15.3. The first kappa shape index (κ1) is 37.5. The molecule has 7 heteroatoms. The molecule has 0 aliphatic carbocycles. The summed E-state index contributed by atoms with van der Waals surface area (Å²) in [6, 6.07) is 72.5. The van der Waals surface area contributed by atoms with Gasteiger partial charge in [0.2, 0.25) is 0 Å². The van der Waals surface area contributed by atoms with Gasteiger partial charge in [-0.2, -0.15) is 0 Å². The highest BCUT2D eigenvalue weighted by Crippen LogP contribution is 2.37. The number of para-hydroxylation sites is 2. The van der Waals surface area contributed by atoms with E-state index in [1.807, 2.05) is 72.8 Å². The summed E-state index contributed by atoms with van der Waals surface area (Å²) in [5.41, 5.74) is 12.4. The largest absolute Gasteiger partial charge is 0.456 e. The number of fused-ring (bicyclic) bond motifs is 7. The van der Waals surface area contributed by atoms with E-state index in [-0.39, 0.29) is 0 Å². The zero-order valence-corrected chi connectivity index (χ0v) is 35.3. The van der Waals surface area contributed by atoms with Gasteiger partial charge in [0, 0.05) is 54.9 Å². The van der Waals surface area contributed by atoms with E-state index in [2.05, 4.69) is 140 Å². The molecule has 0 aliphatic heterocycles. The van der Waals surface area contributed by atoms with Crippen LogP contribution in [0.5, 0.6) is 0 Å². The number of nitrogens with zero attached hydrogens (tertiary/aromatic N) is 5. The van der Waals surface area contributed by atoms with Crippen LogP contribution in [0, 0.1) is 0 Å². The Morgan fingerprint density at radius 1 is 0.227 bits per heavy atom. The SMILES string of the molecule is c1ccc(-c2nc(-c3cccc(-c4cccc(-c5nc(-c6ccc7c(c6)oc6ccccc67)nc(-c6ccc7c(c6)oc6ccccc67)n5)c4)c3)cc(-c3ccc4ccccc4c3)n2)cc1. The Kier molecular flexibility index (Phi) is 8.70. The smallest absolute Gasteiger partial charge is 0.164 e. The van der Waals surface area contributed by atoms with Crippen molar-refractivity contribution in [2.24, 2.45) is 0 Å². The fraction of sp³-hybridized carbons (Fsp3) is 0. The molecule has 308 valence electrons. The summed E-state index contributed by atoms with van der Waals surface area (Å²) in [6.07, 6.45) is 0. The third-order valence-corrected chi connectivity index (χ3v) is 12.3. The number of furan rings is 2. The molecule has 0 saturated carbocycles. The van der Waals surface area contributed by atoms with E-state index in [0.717, 1.165) is 105 Å². The van der Waals surface area contributed by atoms with Crippen LogP contribution in [0.1, 0.15) is 0 Å². The highest BCUT2D eigenvalue weighted by atomic mass is 16.3. The molecule has 0 N–H and O–H groups in total. The molecule has 0 spiro atoms. The van der Waals surface area contributed by atoms with Crippen LogP contribution in [0.3, 0.4) is 0 Å². The molecule has 13 aromatic rings. The van der Waals surface area contributed by atoms with Gasteiger partial charge in [0.1, 0.15) is 22.3 Å². The number of aromatic nitrogens is 5. The Morgan fingerprint density at radius 3 is 1.27 bits per heavy atom. The first-order valence-corrected chi connectivity index (χ1v) is 21.9. The van der Waals surface area contributed by atoms with E-state index in [1.165, 1.54) is 5.39 Å². The van der Waals surface area contributed by atoms with Crippen LogP contribution in [-0.4, -0.2) is 24.9 Å². The first-order valence-electron chi connectivity index (χ1n) is 21.9. The zero-order chi connectivity index (χ0) is 43.6. The van der Waals surface area contributed by atoms with E-state index >= 15 is 0 Å². The van der Waals surface area contributed by atoms with Crippen molar-refractivity contribution in [1.29, 1.82) is 0 Å². The maximum absolute atomic E-state index is 6.31. The summed E-state index contributed by atoms with van der Waals surface area (Å²) in [4.78, 5) is 25.6. The summed E-state index contributed by atoms with van der Waals surface area (Å²) in [5, 5.41) is 6.56. The van der Waals surface area contributed by atoms with Crippen LogP contribution in [0.25, 0.3) is 134 Å². The standard InChI is InChI=1S/C59H35N5O2/c1-2-13-37(14-3-1)56-60-50(35-51(61-56)42-25-24-36-12-4-5-15-38(36)30-42)41-18-10-16-39(31-41)40-17-11-19-43(32-40)57-62-58(44-26-28-48-46-20-6-8-22-52(46)65-54(48)33-44)64-59(63-57)45-27-29-49-47-21-7-9-23-53(47)66-55(49)34-45/h1-35H. The first-order chi connectivity index (χ1) is 32.6. The Hall–Kier alpha value is -9.07. The molecule has 4 aromatic heterocycles. The molecule has 66 heavy (non-hydrogen) atoms. The molecular formula is C59H35N5O2. The lowest BCUT2D eigenvalue weighted by Gasteiger charge is -2.12. The lowest BCUT2D eigenvalue weighted by molar-refractivity contribution is 0.668. The number of hydrogen-bond donors (Lipinski definition) is 0. The maximum Gasteiger partial charge on any atom is 0.164 e. The highest BCUT2D eigenvalue weighted by molar-refractivity contribution is 6.07. The van der Waals surface area contributed by atoms with Crippen molar-refractivity contribution in [2.75, 3.05) is 0 Å². The average Bonchev–Trinajstić information content (AvgIpc) is 3.96. The Morgan fingerprint density at radius 2 is 0.652 bits per heavy atom. The molecule has 0 saturated heterocycles. The van der Waals surface area contributed by atoms with Crippen LogP contribution in [0.4, 0.5) is 0 Å². The van der Waals surface area contributed by atoms with E-state index in [9.17, 15) is 0 Å². The molecule has 0 amide bonds. The van der Waals surface area contributed by atoms with Crippen molar-refractivity contribution in [3.05, 3.63) is 212 Å². The minimum Gasteiger partial charge on any atom is -0.456 e. The fourth-order valence-corrected chi connectivity index (χ4v) is 9.00. The van der Waals surface area contributed by atoms with Crippen molar-refractivity contribution >= 4 is 54.6 Å². The third kappa shape index (κ3) is 6.66. The van der Waals surface area contributed by atoms with Gasteiger partial charge in [0.05, 0.1) is 11.4 Å². The highest BCUT2D eigenvalue weighted by Gasteiger charge is 2.18. The topological polar surface area (TPSA) is 90.7 Å². The maximum atomic E-state index is 6.31. The van der Waals surface area contributed by atoms with Crippen LogP contribution < -0.4 is 0 Å². The summed E-state index contributed by atoms with van der Waals surface area (Å²) >= 11 is 0. The number of hydrogen-bond acceptors (Lipinski definition) is 7. The average molecular weight is 846 g/mol. The van der Waals surface area contributed by atoms with Gasteiger partial charge in [-0.15, -0.1) is 0 Å². The molecule has 0 radical (unpaired) electrons. The molecular weight excluding hydrogens is 811 g/mol. The Bertz CT molecular complexity index is 3890. The van der Waals surface area contributed by atoms with Gasteiger partial charge in [-0.05, 0) is 82.6 Å². The van der Waals surface area contributed by atoms with E-state index in [1.54, 1.807) is 0 Å². The van der Waals surface area contributed by atoms with Crippen molar-refractivity contribution < 1.29 is 8.83 Å². The van der Waals surface area contributed by atoms with Gasteiger partial charge < -0.3 is 8.83 Å². The quantitative estimate of drug-likeness (QED) is 0.158. The number of benzene rings is 9. The molecule has 0 unspecified atom stereocenters. The van der Waals surface area contributed by atoms with Crippen LogP contribution in [0.15, 0.2) is 221 Å². The van der Waals surface area contributed by atoms with Crippen LogP contribution in [0.2, 0.25) is 0 Å². The van der Waals surface area contributed by atoms with E-state index in [4.69, 9.17) is 33.8 Å². The summed E-state index contributed by atoms with van der Waals surface area (Å²) in [5.74, 6) is 2.29. The second-order valence-electron chi connectivity index (χ2n) is 16.5. The van der Waals surface area contributed by atoms with Crippen molar-refractivity contribution in [2.45, 2.75) is 0 Å². The summed E-state index contributed by atoms with van der Waals surface area (Å²) in [7, 11) is 0. The van der Waals surface area contributed by atoms with Crippen molar-refractivity contribution in [3.63, 3.8) is 0 Å².